The van der Waals surface area contributed by atoms with Crippen molar-refractivity contribution in [2.45, 2.75) is 12.8 Å². The quantitative estimate of drug-likeness (QED) is 0.670. The molecule has 0 aliphatic rings. The van der Waals surface area contributed by atoms with Crippen LogP contribution in [0.3, 0.4) is 0 Å². The summed E-state index contributed by atoms with van der Waals surface area (Å²) >= 11 is 0. The van der Waals surface area contributed by atoms with Crippen molar-refractivity contribution in [3.8, 4) is 0 Å². The van der Waals surface area contributed by atoms with Gasteiger partial charge in [-0.05, 0) is 5.56 Å². The van der Waals surface area contributed by atoms with Crippen LogP contribution in [0.15, 0.2) is 30.3 Å². The van der Waals surface area contributed by atoms with Crippen LogP contribution in [0.4, 0.5) is 0 Å². The van der Waals surface area contributed by atoms with Crippen molar-refractivity contribution in [3.05, 3.63) is 35.9 Å². The molecule has 1 N–H and O–H groups in total. The molecular formula is C9H13KO. The van der Waals surface area contributed by atoms with E-state index >= 15 is 0 Å². The van der Waals surface area contributed by atoms with Crippen LogP contribution in [-0.4, -0.2) is 63.1 Å². The van der Waals surface area contributed by atoms with Crippen molar-refractivity contribution in [1.82, 2.24) is 0 Å². The third kappa shape index (κ3) is 3.83. The van der Waals surface area contributed by atoms with Crippen molar-refractivity contribution >= 4 is 51.4 Å². The van der Waals surface area contributed by atoms with Gasteiger partial charge in [-0.1, -0.05) is 37.3 Å². The SMILES string of the molecule is CC(CO)c1ccccc1.[KH]. The fourth-order valence-corrected chi connectivity index (χ4v) is 0.887. The molecule has 0 saturated carbocycles. The molecule has 2 heteroatoms. The van der Waals surface area contributed by atoms with E-state index in [1.807, 2.05) is 37.3 Å². The van der Waals surface area contributed by atoms with Gasteiger partial charge in [0.05, 0.1) is 0 Å². The summed E-state index contributed by atoms with van der Waals surface area (Å²) in [6, 6.07) is 10.0. The molecule has 1 rings (SSSR count). The summed E-state index contributed by atoms with van der Waals surface area (Å²) < 4.78 is 0. The molecule has 56 valence electrons. The second-order valence-electron chi connectivity index (χ2n) is 2.49. The van der Waals surface area contributed by atoms with Gasteiger partial charge in [-0.3, -0.25) is 0 Å². The molecule has 1 atom stereocenters. The van der Waals surface area contributed by atoms with Crippen molar-refractivity contribution in [3.63, 3.8) is 0 Å². The molecule has 0 aliphatic carbocycles. The molecule has 0 bridgehead atoms. The molecule has 1 aromatic rings. The van der Waals surface area contributed by atoms with Gasteiger partial charge in [0, 0.05) is 12.5 Å². The average Bonchev–Trinajstić information content (AvgIpc) is 2.05. The summed E-state index contributed by atoms with van der Waals surface area (Å²) in [5.74, 6) is 0.265. The first-order valence-corrected chi connectivity index (χ1v) is 3.50. The Bertz CT molecular complexity index is 186. The van der Waals surface area contributed by atoms with E-state index in [1.165, 1.54) is 5.56 Å². The van der Waals surface area contributed by atoms with Gasteiger partial charge in [-0.2, -0.15) is 0 Å². The summed E-state index contributed by atoms with van der Waals surface area (Å²) in [5, 5.41) is 8.79. The summed E-state index contributed by atoms with van der Waals surface area (Å²) in [5.41, 5.74) is 1.20. The summed E-state index contributed by atoms with van der Waals surface area (Å²) in [6.45, 7) is 2.24. The Hall–Kier alpha value is 0.816. The van der Waals surface area contributed by atoms with E-state index in [-0.39, 0.29) is 63.9 Å². The van der Waals surface area contributed by atoms with Crippen LogP contribution >= 0.6 is 0 Å². The predicted molar refractivity (Wildman–Crippen MR) is 49.1 cm³/mol. The fraction of sp³-hybridized carbons (Fsp3) is 0.333. The number of benzene rings is 1. The summed E-state index contributed by atoms with van der Waals surface area (Å²) in [6.07, 6.45) is 0. The Labute approximate surface area is 110 Å². The molecular weight excluding hydrogens is 163 g/mol. The van der Waals surface area contributed by atoms with Gasteiger partial charge in [0.2, 0.25) is 0 Å². The maximum atomic E-state index is 8.79. The van der Waals surface area contributed by atoms with E-state index in [1.54, 1.807) is 0 Å². The normalized spacial score (nSPS) is 11.8. The van der Waals surface area contributed by atoms with Crippen LogP contribution in [0.5, 0.6) is 0 Å². The molecule has 1 nitrogen and oxygen atoms in total. The van der Waals surface area contributed by atoms with E-state index in [0.717, 1.165) is 0 Å². The minimum absolute atomic E-state index is 0. The Morgan fingerprint density at radius 3 is 2.27 bits per heavy atom. The zero-order chi connectivity index (χ0) is 7.40. The number of hydrogen-bond donors (Lipinski definition) is 1. The first-order chi connectivity index (χ1) is 4.84. The van der Waals surface area contributed by atoms with Crippen LogP contribution < -0.4 is 0 Å². The topological polar surface area (TPSA) is 20.2 Å². The number of hydrogen-bond acceptors (Lipinski definition) is 1. The van der Waals surface area contributed by atoms with Crippen LogP contribution in [0, 0.1) is 0 Å². The molecule has 0 aromatic heterocycles. The van der Waals surface area contributed by atoms with E-state index in [4.69, 9.17) is 5.11 Å². The zero-order valence-electron chi connectivity index (χ0n) is 6.12. The molecule has 0 fully saturated rings. The summed E-state index contributed by atoms with van der Waals surface area (Å²) in [7, 11) is 0. The van der Waals surface area contributed by atoms with Gasteiger partial charge in [0.1, 0.15) is 0 Å². The van der Waals surface area contributed by atoms with E-state index in [9.17, 15) is 0 Å². The van der Waals surface area contributed by atoms with E-state index in [0.29, 0.717) is 0 Å². The van der Waals surface area contributed by atoms with Gasteiger partial charge >= 0.3 is 51.4 Å². The minimum atomic E-state index is 0. The van der Waals surface area contributed by atoms with Gasteiger partial charge < -0.3 is 5.11 Å². The van der Waals surface area contributed by atoms with Gasteiger partial charge in [0.25, 0.3) is 0 Å². The number of aliphatic hydroxyl groups excluding tert-OH is 1. The Morgan fingerprint density at radius 2 is 1.82 bits per heavy atom. The van der Waals surface area contributed by atoms with E-state index in [2.05, 4.69) is 0 Å². The average molecular weight is 176 g/mol. The second kappa shape index (κ2) is 6.35. The Kier molecular flexibility index (Phi) is 6.82. The number of aliphatic hydroxyl groups is 1. The molecule has 0 aliphatic heterocycles. The molecule has 1 unspecified atom stereocenters. The van der Waals surface area contributed by atoms with Gasteiger partial charge in [-0.25, -0.2) is 0 Å². The summed E-state index contributed by atoms with van der Waals surface area (Å²) in [4.78, 5) is 0. The predicted octanol–water partition coefficient (Wildman–Crippen LogP) is 1.13. The van der Waals surface area contributed by atoms with Gasteiger partial charge in [0.15, 0.2) is 0 Å². The molecule has 0 heterocycles. The fourth-order valence-electron chi connectivity index (χ4n) is 0.887. The monoisotopic (exact) mass is 176 g/mol. The third-order valence-corrected chi connectivity index (χ3v) is 1.64. The molecule has 0 amide bonds. The second-order valence-corrected chi connectivity index (χ2v) is 2.49. The maximum absolute atomic E-state index is 8.79. The zero-order valence-corrected chi connectivity index (χ0v) is 6.12. The van der Waals surface area contributed by atoms with Crippen molar-refractivity contribution in [1.29, 1.82) is 0 Å². The van der Waals surface area contributed by atoms with Gasteiger partial charge in [-0.15, -0.1) is 0 Å². The Balaban J connectivity index is 0.000001000. The first kappa shape index (κ1) is 11.8. The van der Waals surface area contributed by atoms with Crippen LogP contribution in [0.2, 0.25) is 0 Å². The Morgan fingerprint density at radius 1 is 1.27 bits per heavy atom. The third-order valence-electron chi connectivity index (χ3n) is 1.64. The molecule has 0 radical (unpaired) electrons. The van der Waals surface area contributed by atoms with Crippen molar-refractivity contribution < 1.29 is 5.11 Å². The van der Waals surface area contributed by atoms with Crippen molar-refractivity contribution in [2.75, 3.05) is 6.61 Å². The van der Waals surface area contributed by atoms with Crippen molar-refractivity contribution in [2.24, 2.45) is 0 Å². The van der Waals surface area contributed by atoms with Crippen LogP contribution in [0.25, 0.3) is 0 Å². The number of rotatable bonds is 2. The first-order valence-electron chi connectivity index (χ1n) is 3.50. The molecule has 11 heavy (non-hydrogen) atoms. The van der Waals surface area contributed by atoms with Crippen LogP contribution in [0.1, 0.15) is 18.4 Å². The molecule has 1 aromatic carbocycles. The standard InChI is InChI=1S/C9H12O.K.H/c1-8(7-10)9-5-3-2-4-6-9;;/h2-6,8,10H,7H2,1H3;;. The van der Waals surface area contributed by atoms with Crippen LogP contribution in [-0.2, 0) is 0 Å². The molecule has 0 spiro atoms. The molecule has 0 saturated heterocycles. The van der Waals surface area contributed by atoms with E-state index < -0.39 is 0 Å².